The first-order valence-electron chi connectivity index (χ1n) is 11.3. The van der Waals surface area contributed by atoms with E-state index in [1.165, 1.54) is 11.1 Å². The summed E-state index contributed by atoms with van der Waals surface area (Å²) in [7, 11) is 0. The van der Waals surface area contributed by atoms with Gasteiger partial charge in [0.1, 0.15) is 6.54 Å². The summed E-state index contributed by atoms with van der Waals surface area (Å²) in [4.78, 5) is 19.2. The molecule has 0 saturated carbocycles. The van der Waals surface area contributed by atoms with Gasteiger partial charge in [0.15, 0.2) is 5.96 Å². The van der Waals surface area contributed by atoms with Gasteiger partial charge in [-0.3, -0.25) is 9.69 Å². The van der Waals surface area contributed by atoms with Crippen molar-refractivity contribution in [1.82, 2.24) is 20.9 Å². The van der Waals surface area contributed by atoms with Crippen LogP contribution in [-0.4, -0.2) is 55.5 Å². The maximum atomic E-state index is 12.2. The largest absolute Gasteiger partial charge is 0.357 e. The van der Waals surface area contributed by atoms with Crippen LogP contribution in [0.2, 0.25) is 0 Å². The van der Waals surface area contributed by atoms with Gasteiger partial charge in [-0.25, -0.2) is 4.99 Å². The van der Waals surface area contributed by atoms with E-state index in [4.69, 9.17) is 0 Å². The summed E-state index contributed by atoms with van der Waals surface area (Å²) in [5.41, 5.74) is 2.59. The van der Waals surface area contributed by atoms with Crippen LogP contribution in [0.25, 0.3) is 0 Å². The molecule has 0 radical (unpaired) electrons. The molecule has 174 valence electrons. The number of nitrogens with one attached hydrogen (secondary N) is 3. The van der Waals surface area contributed by atoms with Gasteiger partial charge < -0.3 is 16.0 Å². The van der Waals surface area contributed by atoms with Crippen LogP contribution in [0.1, 0.15) is 30.9 Å². The van der Waals surface area contributed by atoms with E-state index in [0.29, 0.717) is 12.6 Å². The van der Waals surface area contributed by atoms with E-state index < -0.39 is 0 Å². The zero-order valence-corrected chi connectivity index (χ0v) is 21.3. The third kappa shape index (κ3) is 9.56. The first kappa shape index (κ1) is 26.1. The molecule has 0 aliphatic carbocycles. The highest BCUT2D eigenvalue weighted by Crippen LogP contribution is 2.13. The summed E-state index contributed by atoms with van der Waals surface area (Å²) in [5, 5.41) is 9.73. The monoisotopic (exact) mass is 549 g/mol. The molecule has 1 amide bonds. The minimum atomic E-state index is -0.0502. The second-order valence-corrected chi connectivity index (χ2v) is 7.96. The van der Waals surface area contributed by atoms with Crippen molar-refractivity contribution in [2.75, 3.05) is 32.7 Å². The smallest absolute Gasteiger partial charge is 0.241 e. The summed E-state index contributed by atoms with van der Waals surface area (Å²) in [6, 6.07) is 21.2. The molecule has 1 aliphatic heterocycles. The fourth-order valence-electron chi connectivity index (χ4n) is 3.79. The van der Waals surface area contributed by atoms with Crippen LogP contribution in [0.3, 0.4) is 0 Å². The number of likely N-dealkylation sites (tertiary alicyclic amines) is 1. The Balaban J connectivity index is 0.00000363. The number of amides is 1. The number of halogens is 1. The summed E-state index contributed by atoms with van der Waals surface area (Å²) in [5.74, 6) is 0.674. The van der Waals surface area contributed by atoms with Gasteiger partial charge in [0.25, 0.3) is 0 Å². The summed E-state index contributed by atoms with van der Waals surface area (Å²) in [6.45, 7) is 6.70. The fourth-order valence-corrected chi connectivity index (χ4v) is 3.79. The van der Waals surface area contributed by atoms with Crippen LogP contribution < -0.4 is 16.0 Å². The first-order valence-corrected chi connectivity index (χ1v) is 11.3. The maximum Gasteiger partial charge on any atom is 0.241 e. The van der Waals surface area contributed by atoms with Crippen molar-refractivity contribution in [2.45, 2.75) is 38.8 Å². The number of rotatable bonds is 9. The van der Waals surface area contributed by atoms with Crippen molar-refractivity contribution in [3.05, 3.63) is 71.8 Å². The van der Waals surface area contributed by atoms with Crippen molar-refractivity contribution >= 4 is 35.8 Å². The zero-order chi connectivity index (χ0) is 21.7. The fraction of sp³-hybridized carbons (Fsp3) is 0.440. The molecule has 32 heavy (non-hydrogen) atoms. The van der Waals surface area contributed by atoms with Gasteiger partial charge in [-0.2, -0.15) is 0 Å². The van der Waals surface area contributed by atoms with Gasteiger partial charge in [0, 0.05) is 38.8 Å². The second-order valence-electron chi connectivity index (χ2n) is 7.96. The van der Waals surface area contributed by atoms with E-state index in [1.54, 1.807) is 0 Å². The quantitative estimate of drug-likeness (QED) is 0.256. The molecule has 1 fully saturated rings. The normalized spacial score (nSPS) is 15.0. The molecule has 0 atom stereocenters. The number of guanidine groups is 1. The van der Waals surface area contributed by atoms with Gasteiger partial charge in [0.2, 0.25) is 5.91 Å². The lowest BCUT2D eigenvalue weighted by Gasteiger charge is -2.33. The van der Waals surface area contributed by atoms with Crippen LogP contribution in [-0.2, 0) is 17.8 Å². The molecule has 3 rings (SSSR count). The van der Waals surface area contributed by atoms with E-state index in [1.807, 2.05) is 25.1 Å². The molecule has 0 unspecified atom stereocenters. The molecule has 6 nitrogen and oxygen atoms in total. The molecule has 0 spiro atoms. The first-order chi connectivity index (χ1) is 15.2. The van der Waals surface area contributed by atoms with E-state index in [0.717, 1.165) is 51.4 Å². The number of hydrogen-bond donors (Lipinski definition) is 3. The number of aliphatic imine (C=N–C) groups is 1. The summed E-state index contributed by atoms with van der Waals surface area (Å²) < 4.78 is 0. The highest BCUT2D eigenvalue weighted by Gasteiger charge is 2.20. The van der Waals surface area contributed by atoms with Crippen LogP contribution in [0.15, 0.2) is 65.7 Å². The van der Waals surface area contributed by atoms with Crippen molar-refractivity contribution in [3.8, 4) is 0 Å². The maximum absolute atomic E-state index is 12.2. The van der Waals surface area contributed by atoms with E-state index in [9.17, 15) is 4.79 Å². The Kier molecular flexibility index (Phi) is 12.1. The minimum Gasteiger partial charge on any atom is -0.357 e. The molecule has 1 saturated heterocycles. The van der Waals surface area contributed by atoms with Crippen molar-refractivity contribution < 1.29 is 4.79 Å². The molecular weight excluding hydrogens is 513 g/mol. The number of nitrogens with zero attached hydrogens (tertiary/aromatic N) is 2. The number of piperidine rings is 1. The Morgan fingerprint density at radius 1 is 0.969 bits per heavy atom. The molecule has 1 aliphatic rings. The SMILES string of the molecule is CCNC(=NCC(=O)NCCc1ccccc1)NC1CCN(Cc2ccccc2)CC1.I. The Morgan fingerprint density at radius 2 is 1.59 bits per heavy atom. The van der Waals surface area contributed by atoms with Crippen molar-refractivity contribution in [3.63, 3.8) is 0 Å². The van der Waals surface area contributed by atoms with Gasteiger partial charge in [-0.05, 0) is 37.3 Å². The van der Waals surface area contributed by atoms with Gasteiger partial charge in [0.05, 0.1) is 0 Å². The third-order valence-electron chi connectivity index (χ3n) is 5.48. The van der Waals surface area contributed by atoms with Gasteiger partial charge >= 0.3 is 0 Å². The average Bonchev–Trinajstić information content (AvgIpc) is 2.80. The molecule has 2 aromatic carbocycles. The Hall–Kier alpha value is -2.13. The molecule has 0 bridgehead atoms. The standard InChI is InChI=1S/C25H35N5O.HI/c1-2-26-25(28-19-24(31)27-16-13-21-9-5-3-6-10-21)29-23-14-17-30(18-15-23)20-22-11-7-4-8-12-22;/h3-12,23H,2,13-20H2,1H3,(H,27,31)(H2,26,28,29);1H. The van der Waals surface area contributed by atoms with E-state index >= 15 is 0 Å². The van der Waals surface area contributed by atoms with Gasteiger partial charge in [-0.1, -0.05) is 60.7 Å². The third-order valence-corrected chi connectivity index (χ3v) is 5.48. The number of carbonyl (C=O) groups is 1. The van der Waals surface area contributed by atoms with Crippen LogP contribution in [0.5, 0.6) is 0 Å². The summed E-state index contributed by atoms with van der Waals surface area (Å²) in [6.07, 6.45) is 2.97. The average molecular weight is 550 g/mol. The Labute approximate surface area is 209 Å². The molecule has 1 heterocycles. The van der Waals surface area contributed by atoms with Crippen molar-refractivity contribution in [1.29, 1.82) is 0 Å². The zero-order valence-electron chi connectivity index (χ0n) is 18.9. The summed E-state index contributed by atoms with van der Waals surface area (Å²) >= 11 is 0. The lowest BCUT2D eigenvalue weighted by atomic mass is 10.0. The Morgan fingerprint density at radius 3 is 2.22 bits per heavy atom. The predicted molar refractivity (Wildman–Crippen MR) is 142 cm³/mol. The second kappa shape index (κ2) is 14.8. The number of carbonyl (C=O) groups excluding carboxylic acids is 1. The molecule has 7 heteroatoms. The molecule has 3 N–H and O–H groups in total. The Bertz CT molecular complexity index is 808. The van der Waals surface area contributed by atoms with Crippen molar-refractivity contribution in [2.24, 2.45) is 4.99 Å². The van der Waals surface area contributed by atoms with E-state index in [-0.39, 0.29) is 36.4 Å². The highest BCUT2D eigenvalue weighted by molar-refractivity contribution is 14.0. The predicted octanol–water partition coefficient (Wildman–Crippen LogP) is 3.18. The highest BCUT2D eigenvalue weighted by atomic mass is 127. The minimum absolute atomic E-state index is 0. The molecule has 2 aromatic rings. The molecular formula is C25H36IN5O. The van der Waals surface area contributed by atoms with Crippen LogP contribution in [0, 0.1) is 0 Å². The lowest BCUT2D eigenvalue weighted by Crippen LogP contribution is -2.48. The van der Waals surface area contributed by atoms with E-state index in [2.05, 4.69) is 68.3 Å². The van der Waals surface area contributed by atoms with Crippen LogP contribution in [0.4, 0.5) is 0 Å². The topological polar surface area (TPSA) is 68.8 Å². The van der Waals surface area contributed by atoms with Gasteiger partial charge in [-0.15, -0.1) is 24.0 Å². The number of benzene rings is 2. The number of hydrogen-bond acceptors (Lipinski definition) is 3. The lowest BCUT2D eigenvalue weighted by molar-refractivity contribution is -0.119. The molecule has 0 aromatic heterocycles. The van der Waals surface area contributed by atoms with Crippen LogP contribution >= 0.6 is 24.0 Å².